The molecule has 0 saturated heterocycles. The second-order valence-electron chi connectivity index (χ2n) is 5.49. The van der Waals surface area contributed by atoms with Gasteiger partial charge in [-0.25, -0.2) is 4.39 Å². The normalized spacial score (nSPS) is 13.4. The van der Waals surface area contributed by atoms with Gasteiger partial charge >= 0.3 is 0 Å². The number of hydrogen-bond donors (Lipinski definition) is 0. The highest BCUT2D eigenvalue weighted by Crippen LogP contribution is 2.32. The Kier molecular flexibility index (Phi) is 4.82. The molecular weight excluding hydrogens is 317 g/mol. The number of halogens is 2. The van der Waals surface area contributed by atoms with Crippen LogP contribution in [0.3, 0.4) is 0 Å². The molecule has 5 heteroatoms. The van der Waals surface area contributed by atoms with Crippen LogP contribution in [0.1, 0.15) is 18.4 Å². The molecule has 1 amide bonds. The molecule has 0 atom stereocenters. The zero-order valence-corrected chi connectivity index (χ0v) is 13.4. The summed E-state index contributed by atoms with van der Waals surface area (Å²) in [6, 6.07) is 11.9. The first kappa shape index (κ1) is 15.8. The van der Waals surface area contributed by atoms with Crippen LogP contribution in [0.2, 0.25) is 5.02 Å². The van der Waals surface area contributed by atoms with Gasteiger partial charge in [-0.2, -0.15) is 0 Å². The average Bonchev–Trinajstić information content (AvgIpc) is 2.55. The number of ether oxygens (including phenoxy) is 1. The van der Waals surface area contributed by atoms with Gasteiger partial charge in [-0.05, 0) is 42.7 Å². The van der Waals surface area contributed by atoms with Crippen molar-refractivity contribution in [2.45, 2.75) is 19.3 Å². The van der Waals surface area contributed by atoms with Crippen molar-refractivity contribution in [3.63, 3.8) is 0 Å². The van der Waals surface area contributed by atoms with Gasteiger partial charge in [-0.15, -0.1) is 0 Å². The van der Waals surface area contributed by atoms with E-state index in [1.54, 1.807) is 11.0 Å². The molecule has 1 aliphatic heterocycles. The van der Waals surface area contributed by atoms with Gasteiger partial charge in [-0.1, -0.05) is 23.7 Å². The van der Waals surface area contributed by atoms with E-state index in [1.165, 1.54) is 12.1 Å². The number of carbonyl (C=O) groups excluding carboxylic acids is 1. The molecule has 0 radical (unpaired) electrons. The number of anilines is 1. The predicted octanol–water partition coefficient (Wildman–Crippen LogP) is 4.23. The lowest BCUT2D eigenvalue weighted by Gasteiger charge is -2.29. The fraction of sp³-hybridized carbons (Fsp3) is 0.278. The molecule has 0 saturated carbocycles. The second kappa shape index (κ2) is 7.01. The monoisotopic (exact) mass is 333 g/mol. The maximum Gasteiger partial charge on any atom is 0.227 e. The Hall–Kier alpha value is -2.07. The summed E-state index contributed by atoms with van der Waals surface area (Å²) < 4.78 is 18.7. The van der Waals surface area contributed by atoms with Gasteiger partial charge in [0.25, 0.3) is 0 Å². The maximum absolute atomic E-state index is 13.2. The number of aryl methyl sites for hydroxylation is 1. The highest BCUT2D eigenvalue weighted by atomic mass is 35.5. The molecule has 3 rings (SSSR count). The van der Waals surface area contributed by atoms with Gasteiger partial charge in [0.05, 0.1) is 12.2 Å². The fourth-order valence-corrected chi connectivity index (χ4v) is 2.81. The molecule has 1 aliphatic rings. The van der Waals surface area contributed by atoms with E-state index < -0.39 is 0 Å². The lowest BCUT2D eigenvalue weighted by molar-refractivity contribution is -0.119. The SMILES string of the molecule is O=C(CCCc1ccc(Cl)cc1)N1CCOc2cc(F)ccc21. The molecule has 23 heavy (non-hydrogen) atoms. The van der Waals surface area contributed by atoms with Gasteiger partial charge in [0, 0.05) is 17.5 Å². The minimum Gasteiger partial charge on any atom is -0.489 e. The molecule has 120 valence electrons. The predicted molar refractivity (Wildman–Crippen MR) is 88.6 cm³/mol. The van der Waals surface area contributed by atoms with Gasteiger partial charge in [0.2, 0.25) is 5.91 Å². The molecule has 0 aromatic heterocycles. The Morgan fingerprint density at radius 2 is 2.00 bits per heavy atom. The molecule has 1 heterocycles. The first-order valence-corrected chi connectivity index (χ1v) is 7.98. The van der Waals surface area contributed by atoms with Crippen molar-refractivity contribution in [1.82, 2.24) is 0 Å². The Labute approximate surface area is 139 Å². The summed E-state index contributed by atoms with van der Waals surface area (Å²) in [5.41, 5.74) is 1.81. The van der Waals surface area contributed by atoms with E-state index in [2.05, 4.69) is 0 Å². The van der Waals surface area contributed by atoms with Crippen LogP contribution in [0.4, 0.5) is 10.1 Å². The van der Waals surface area contributed by atoms with Gasteiger partial charge < -0.3 is 9.64 Å². The fourth-order valence-electron chi connectivity index (χ4n) is 2.68. The number of fused-ring (bicyclic) bond motifs is 1. The van der Waals surface area contributed by atoms with Gasteiger partial charge in [0.1, 0.15) is 18.2 Å². The van der Waals surface area contributed by atoms with Crippen molar-refractivity contribution in [2.75, 3.05) is 18.1 Å². The van der Waals surface area contributed by atoms with Crippen molar-refractivity contribution in [1.29, 1.82) is 0 Å². The van der Waals surface area contributed by atoms with E-state index >= 15 is 0 Å². The highest BCUT2D eigenvalue weighted by Gasteiger charge is 2.23. The molecule has 0 N–H and O–H groups in total. The summed E-state index contributed by atoms with van der Waals surface area (Å²) in [5, 5.41) is 0.710. The van der Waals surface area contributed by atoms with E-state index in [9.17, 15) is 9.18 Å². The van der Waals surface area contributed by atoms with Crippen molar-refractivity contribution in [2.24, 2.45) is 0 Å². The summed E-state index contributed by atoms with van der Waals surface area (Å²) in [5.74, 6) is 0.109. The third kappa shape index (κ3) is 3.82. The first-order valence-electron chi connectivity index (χ1n) is 7.60. The molecule has 0 spiro atoms. The largest absolute Gasteiger partial charge is 0.489 e. The van der Waals surface area contributed by atoms with E-state index in [4.69, 9.17) is 16.3 Å². The highest BCUT2D eigenvalue weighted by molar-refractivity contribution is 6.30. The first-order chi connectivity index (χ1) is 11.1. The summed E-state index contributed by atoms with van der Waals surface area (Å²) >= 11 is 5.86. The molecule has 0 fully saturated rings. The minimum absolute atomic E-state index is 0.0371. The smallest absolute Gasteiger partial charge is 0.227 e. The van der Waals surface area contributed by atoms with Crippen LogP contribution in [0.15, 0.2) is 42.5 Å². The quantitative estimate of drug-likeness (QED) is 0.838. The minimum atomic E-state index is -0.360. The third-order valence-electron chi connectivity index (χ3n) is 3.86. The van der Waals surface area contributed by atoms with Crippen molar-refractivity contribution in [3.05, 3.63) is 58.9 Å². The topological polar surface area (TPSA) is 29.5 Å². The summed E-state index contributed by atoms with van der Waals surface area (Å²) in [6.07, 6.45) is 2.03. The van der Waals surface area contributed by atoms with Crippen LogP contribution in [0.25, 0.3) is 0 Å². The second-order valence-corrected chi connectivity index (χ2v) is 5.92. The van der Waals surface area contributed by atoms with Crippen LogP contribution in [-0.2, 0) is 11.2 Å². The van der Waals surface area contributed by atoms with Crippen LogP contribution >= 0.6 is 11.6 Å². The molecular formula is C18H17ClFNO2. The number of rotatable bonds is 4. The lowest BCUT2D eigenvalue weighted by Crippen LogP contribution is -2.37. The summed E-state index contributed by atoms with van der Waals surface area (Å²) in [4.78, 5) is 14.1. The molecule has 0 unspecified atom stereocenters. The van der Waals surface area contributed by atoms with E-state index in [1.807, 2.05) is 24.3 Å². The van der Waals surface area contributed by atoms with Crippen LogP contribution in [-0.4, -0.2) is 19.1 Å². The number of amides is 1. The van der Waals surface area contributed by atoms with Crippen molar-refractivity contribution < 1.29 is 13.9 Å². The third-order valence-corrected chi connectivity index (χ3v) is 4.11. The van der Waals surface area contributed by atoms with Crippen LogP contribution in [0, 0.1) is 5.82 Å². The summed E-state index contributed by atoms with van der Waals surface area (Å²) in [6.45, 7) is 0.887. The average molecular weight is 334 g/mol. The Balaban J connectivity index is 1.60. The number of hydrogen-bond acceptors (Lipinski definition) is 2. The van der Waals surface area contributed by atoms with E-state index in [-0.39, 0.29) is 11.7 Å². The zero-order chi connectivity index (χ0) is 16.2. The Morgan fingerprint density at radius 1 is 1.22 bits per heavy atom. The molecule has 0 bridgehead atoms. The molecule has 0 aliphatic carbocycles. The van der Waals surface area contributed by atoms with E-state index in [0.717, 1.165) is 18.4 Å². The van der Waals surface area contributed by atoms with E-state index in [0.29, 0.717) is 36.0 Å². The Morgan fingerprint density at radius 3 is 2.78 bits per heavy atom. The van der Waals surface area contributed by atoms with Crippen LogP contribution < -0.4 is 9.64 Å². The van der Waals surface area contributed by atoms with Crippen molar-refractivity contribution in [3.8, 4) is 5.75 Å². The van der Waals surface area contributed by atoms with Crippen molar-refractivity contribution >= 4 is 23.2 Å². The maximum atomic E-state index is 13.2. The number of carbonyl (C=O) groups is 1. The lowest BCUT2D eigenvalue weighted by atomic mass is 10.1. The zero-order valence-electron chi connectivity index (χ0n) is 12.6. The molecule has 2 aromatic carbocycles. The standard InChI is InChI=1S/C18H17ClFNO2/c19-14-6-4-13(5-7-14)2-1-3-18(22)21-10-11-23-17-12-15(20)8-9-16(17)21/h4-9,12H,1-3,10-11H2. The number of nitrogens with zero attached hydrogens (tertiary/aromatic N) is 1. The van der Waals surface area contributed by atoms with Gasteiger partial charge in [0.15, 0.2) is 0 Å². The number of benzene rings is 2. The summed E-state index contributed by atoms with van der Waals surface area (Å²) in [7, 11) is 0. The molecule has 3 nitrogen and oxygen atoms in total. The molecule has 2 aromatic rings. The van der Waals surface area contributed by atoms with Crippen LogP contribution in [0.5, 0.6) is 5.75 Å². The Bertz CT molecular complexity index is 703. The van der Waals surface area contributed by atoms with Gasteiger partial charge in [-0.3, -0.25) is 4.79 Å².